The van der Waals surface area contributed by atoms with Crippen molar-refractivity contribution in [3.63, 3.8) is 0 Å². The summed E-state index contributed by atoms with van der Waals surface area (Å²) in [6.07, 6.45) is 3.41. The van der Waals surface area contributed by atoms with Crippen LogP contribution in [0, 0.1) is 0 Å². The minimum atomic E-state index is -0.0427. The Balaban J connectivity index is 1.53. The fourth-order valence-corrected chi connectivity index (χ4v) is 3.52. The molecule has 4 rings (SSSR count). The number of amides is 1. The fourth-order valence-electron chi connectivity index (χ4n) is 3.52. The molecule has 0 saturated heterocycles. The number of ether oxygens (including phenoxy) is 2. The van der Waals surface area contributed by atoms with E-state index in [1.165, 1.54) is 5.56 Å². The number of furan rings is 1. The summed E-state index contributed by atoms with van der Waals surface area (Å²) in [5.74, 6) is 2.03. The van der Waals surface area contributed by atoms with Gasteiger partial charge in [0.05, 0.1) is 12.8 Å². The highest BCUT2D eigenvalue weighted by Gasteiger charge is 2.24. The highest BCUT2D eigenvalue weighted by molar-refractivity contribution is 5.95. The lowest BCUT2D eigenvalue weighted by Crippen LogP contribution is -2.38. The third-order valence-corrected chi connectivity index (χ3v) is 5.18. The van der Waals surface area contributed by atoms with E-state index < -0.39 is 0 Å². The highest BCUT2D eigenvalue weighted by Crippen LogP contribution is 2.31. The van der Waals surface area contributed by atoms with Crippen LogP contribution < -0.4 is 9.47 Å². The van der Waals surface area contributed by atoms with Crippen molar-refractivity contribution in [3.05, 3.63) is 83.8 Å². The Morgan fingerprint density at radius 2 is 1.79 bits per heavy atom. The Kier molecular flexibility index (Phi) is 5.84. The molecule has 0 fully saturated rings. The number of hydrogen-bond donors (Lipinski definition) is 0. The van der Waals surface area contributed by atoms with Gasteiger partial charge in [0.1, 0.15) is 19.0 Å². The molecule has 2 heterocycles. The first-order valence-electron chi connectivity index (χ1n) is 9.97. The van der Waals surface area contributed by atoms with Gasteiger partial charge in [-0.15, -0.1) is 0 Å². The third-order valence-electron chi connectivity index (χ3n) is 5.18. The van der Waals surface area contributed by atoms with E-state index in [1.54, 1.807) is 24.5 Å². The van der Waals surface area contributed by atoms with Gasteiger partial charge in [-0.05, 0) is 55.7 Å². The molecule has 5 nitrogen and oxygen atoms in total. The number of aryl methyl sites for hydroxylation is 1. The number of carbonyl (C=O) groups is 1. The zero-order valence-electron chi connectivity index (χ0n) is 16.5. The van der Waals surface area contributed by atoms with Gasteiger partial charge >= 0.3 is 0 Å². The van der Waals surface area contributed by atoms with E-state index in [9.17, 15) is 4.79 Å². The molecule has 0 saturated carbocycles. The van der Waals surface area contributed by atoms with Crippen LogP contribution in [0.1, 0.15) is 35.0 Å². The maximum absolute atomic E-state index is 13.4. The lowest BCUT2D eigenvalue weighted by Gasteiger charge is -2.29. The molecule has 0 N–H and O–H groups in total. The summed E-state index contributed by atoms with van der Waals surface area (Å²) in [7, 11) is 0. The van der Waals surface area contributed by atoms with Crippen molar-refractivity contribution in [2.75, 3.05) is 13.2 Å². The van der Waals surface area contributed by atoms with Crippen LogP contribution in [0.2, 0.25) is 0 Å². The van der Waals surface area contributed by atoms with E-state index in [2.05, 4.69) is 19.1 Å². The Labute approximate surface area is 170 Å². The predicted molar refractivity (Wildman–Crippen MR) is 110 cm³/mol. The van der Waals surface area contributed by atoms with Gasteiger partial charge < -0.3 is 18.8 Å². The molecule has 0 radical (unpaired) electrons. The Morgan fingerprint density at radius 3 is 2.55 bits per heavy atom. The molecule has 1 aromatic heterocycles. The van der Waals surface area contributed by atoms with Gasteiger partial charge in [0, 0.05) is 11.6 Å². The summed E-state index contributed by atoms with van der Waals surface area (Å²) in [6, 6.07) is 19.5. The van der Waals surface area contributed by atoms with Gasteiger partial charge in [-0.1, -0.05) is 30.3 Å². The lowest BCUT2D eigenvalue weighted by atomic mass is 10.0. The Morgan fingerprint density at radius 1 is 1.00 bits per heavy atom. The molecule has 1 aliphatic heterocycles. The van der Waals surface area contributed by atoms with Crippen LogP contribution in [-0.4, -0.2) is 30.1 Å². The van der Waals surface area contributed by atoms with Crippen molar-refractivity contribution in [2.24, 2.45) is 0 Å². The van der Waals surface area contributed by atoms with Crippen LogP contribution >= 0.6 is 0 Å². The van der Waals surface area contributed by atoms with Crippen molar-refractivity contribution >= 4 is 5.91 Å². The van der Waals surface area contributed by atoms with Gasteiger partial charge in [0.2, 0.25) is 0 Å². The van der Waals surface area contributed by atoms with Crippen LogP contribution in [0.25, 0.3) is 0 Å². The zero-order chi connectivity index (χ0) is 20.1. The van der Waals surface area contributed by atoms with Gasteiger partial charge in [0.25, 0.3) is 5.91 Å². The molecule has 0 bridgehead atoms. The van der Waals surface area contributed by atoms with Crippen molar-refractivity contribution in [2.45, 2.75) is 32.4 Å². The van der Waals surface area contributed by atoms with Gasteiger partial charge in [-0.3, -0.25) is 4.79 Å². The average Bonchev–Trinajstić information content (AvgIpc) is 3.29. The van der Waals surface area contributed by atoms with Gasteiger partial charge in [0.15, 0.2) is 11.5 Å². The number of fused-ring (bicyclic) bond motifs is 1. The summed E-state index contributed by atoms with van der Waals surface area (Å²) in [5, 5.41) is 0. The number of hydrogen-bond acceptors (Lipinski definition) is 4. The molecule has 1 aliphatic rings. The molecule has 29 heavy (non-hydrogen) atoms. The smallest absolute Gasteiger partial charge is 0.254 e. The molecule has 150 valence electrons. The number of nitrogens with zero attached hydrogens (tertiary/aromatic N) is 1. The molecule has 0 aliphatic carbocycles. The highest BCUT2D eigenvalue weighted by atomic mass is 16.6. The fraction of sp³-hybridized carbons (Fsp3) is 0.292. The SMILES string of the molecule is C[C@H](CCc1ccccc1)N(Cc1ccco1)C(=O)c1ccc2c(c1)OCCO2. The molecule has 1 amide bonds. The van der Waals surface area contributed by atoms with Gasteiger partial charge in [-0.25, -0.2) is 0 Å². The molecule has 0 unspecified atom stereocenters. The second-order valence-electron chi connectivity index (χ2n) is 7.24. The van der Waals surface area contributed by atoms with Crippen molar-refractivity contribution in [1.29, 1.82) is 0 Å². The van der Waals surface area contributed by atoms with Crippen molar-refractivity contribution in [3.8, 4) is 11.5 Å². The van der Waals surface area contributed by atoms with E-state index in [0.717, 1.165) is 18.6 Å². The maximum atomic E-state index is 13.4. The first kappa shape index (κ1) is 19.1. The Bertz CT molecular complexity index is 937. The largest absolute Gasteiger partial charge is 0.486 e. The van der Waals surface area contributed by atoms with Crippen molar-refractivity contribution < 1.29 is 18.7 Å². The van der Waals surface area contributed by atoms with E-state index >= 15 is 0 Å². The van der Waals surface area contributed by atoms with E-state index in [1.807, 2.05) is 35.2 Å². The molecule has 0 spiro atoms. The third kappa shape index (κ3) is 4.62. The summed E-state index contributed by atoms with van der Waals surface area (Å²) >= 11 is 0. The minimum absolute atomic E-state index is 0.0426. The van der Waals surface area contributed by atoms with Crippen LogP contribution in [-0.2, 0) is 13.0 Å². The standard InChI is InChI=1S/C24H25NO4/c1-18(9-10-19-6-3-2-4-7-19)25(17-21-8-5-13-27-21)24(26)20-11-12-22-23(16-20)29-15-14-28-22/h2-8,11-13,16,18H,9-10,14-15,17H2,1H3/t18-/m1/s1. The molecule has 5 heteroatoms. The summed E-state index contributed by atoms with van der Waals surface area (Å²) < 4.78 is 16.7. The number of benzene rings is 2. The van der Waals surface area contributed by atoms with Crippen LogP contribution in [0.3, 0.4) is 0 Å². The first-order chi connectivity index (χ1) is 14.2. The second-order valence-corrected chi connectivity index (χ2v) is 7.24. The van der Waals surface area contributed by atoms with Crippen molar-refractivity contribution in [1.82, 2.24) is 4.90 Å². The summed E-state index contributed by atoms with van der Waals surface area (Å²) in [4.78, 5) is 15.3. The number of rotatable bonds is 7. The van der Waals surface area contributed by atoms with Crippen LogP contribution in [0.15, 0.2) is 71.3 Å². The van der Waals surface area contributed by atoms with Gasteiger partial charge in [-0.2, -0.15) is 0 Å². The molecular weight excluding hydrogens is 366 g/mol. The molecular formula is C24H25NO4. The number of carbonyl (C=O) groups excluding carboxylic acids is 1. The molecule has 1 atom stereocenters. The molecule has 2 aromatic carbocycles. The zero-order valence-corrected chi connectivity index (χ0v) is 16.5. The first-order valence-corrected chi connectivity index (χ1v) is 9.97. The monoisotopic (exact) mass is 391 g/mol. The van der Waals surface area contributed by atoms with E-state index in [-0.39, 0.29) is 11.9 Å². The Hall–Kier alpha value is -3.21. The predicted octanol–water partition coefficient (Wildman–Crippen LogP) is 4.71. The van der Waals surface area contributed by atoms with Crippen LogP contribution in [0.5, 0.6) is 11.5 Å². The molecule has 3 aromatic rings. The van der Waals surface area contributed by atoms with E-state index in [0.29, 0.717) is 36.8 Å². The summed E-state index contributed by atoms with van der Waals surface area (Å²) in [6.45, 7) is 3.54. The normalized spacial score (nSPS) is 13.7. The quantitative estimate of drug-likeness (QED) is 0.585. The maximum Gasteiger partial charge on any atom is 0.254 e. The lowest BCUT2D eigenvalue weighted by molar-refractivity contribution is 0.0651. The average molecular weight is 391 g/mol. The topological polar surface area (TPSA) is 51.9 Å². The van der Waals surface area contributed by atoms with E-state index in [4.69, 9.17) is 13.9 Å². The van der Waals surface area contributed by atoms with Crippen LogP contribution in [0.4, 0.5) is 0 Å². The minimum Gasteiger partial charge on any atom is -0.486 e. The second kappa shape index (κ2) is 8.86. The summed E-state index contributed by atoms with van der Waals surface area (Å²) in [5.41, 5.74) is 1.86.